The van der Waals surface area contributed by atoms with E-state index in [1.54, 1.807) is 5.01 Å². The van der Waals surface area contributed by atoms with Crippen LogP contribution in [-0.4, -0.2) is 16.7 Å². The number of hydrogen-bond acceptors (Lipinski definition) is 6. The van der Waals surface area contributed by atoms with Gasteiger partial charge in [0.15, 0.2) is 5.82 Å². The van der Waals surface area contributed by atoms with Crippen LogP contribution in [0.1, 0.15) is 56.8 Å². The highest BCUT2D eigenvalue weighted by Gasteiger charge is 2.44. The second kappa shape index (κ2) is 17.0. The first-order chi connectivity index (χ1) is 28.6. The number of anilines is 3. The Kier molecular flexibility index (Phi) is 11.1. The van der Waals surface area contributed by atoms with Crippen LogP contribution in [0.3, 0.4) is 0 Å². The lowest BCUT2D eigenvalue weighted by Crippen LogP contribution is -2.53. The summed E-state index contributed by atoms with van der Waals surface area (Å²) in [4.78, 5) is 5.48. The van der Waals surface area contributed by atoms with Gasteiger partial charge < -0.3 is 16.2 Å². The lowest BCUT2D eigenvalue weighted by molar-refractivity contribution is 0.281. The fraction of sp³-hybridized carbons (Fsp3) is 0.0962. The minimum Gasteiger partial charge on any atom is -0.396 e. The molecule has 6 N–H and O–H groups in total. The van der Waals surface area contributed by atoms with E-state index in [1.165, 1.54) is 0 Å². The van der Waals surface area contributed by atoms with Gasteiger partial charge in [-0.1, -0.05) is 212 Å². The molecule has 0 saturated heterocycles. The highest BCUT2D eigenvalue weighted by molar-refractivity contribution is 5.76. The molecule has 8 rings (SSSR count). The summed E-state index contributed by atoms with van der Waals surface area (Å²) in [5.74, 6) is 8.41. The van der Waals surface area contributed by atoms with Gasteiger partial charge in [-0.15, -0.1) is 0 Å². The third-order valence-electron chi connectivity index (χ3n) is 11.2. The fourth-order valence-electron chi connectivity index (χ4n) is 8.50. The summed E-state index contributed by atoms with van der Waals surface area (Å²) >= 11 is 0. The molecule has 0 spiro atoms. The van der Waals surface area contributed by atoms with E-state index in [0.717, 1.165) is 44.5 Å². The first kappa shape index (κ1) is 37.9. The minimum atomic E-state index is -1.07. The van der Waals surface area contributed by atoms with Crippen molar-refractivity contribution >= 4 is 17.3 Å². The van der Waals surface area contributed by atoms with E-state index in [0.29, 0.717) is 23.7 Å². The van der Waals surface area contributed by atoms with Crippen LogP contribution in [0.2, 0.25) is 0 Å². The van der Waals surface area contributed by atoms with E-state index >= 15 is 0 Å². The first-order valence-electron chi connectivity index (χ1n) is 19.7. The quantitative estimate of drug-likeness (QED) is 0.0501. The molecule has 0 aliphatic rings. The fourth-order valence-corrected chi connectivity index (χ4v) is 8.50. The van der Waals surface area contributed by atoms with Crippen molar-refractivity contribution in [2.45, 2.75) is 23.4 Å². The van der Waals surface area contributed by atoms with Gasteiger partial charge >= 0.3 is 0 Å². The zero-order valence-electron chi connectivity index (χ0n) is 32.3. The van der Waals surface area contributed by atoms with Gasteiger partial charge in [-0.3, -0.25) is 5.01 Å². The Morgan fingerprint density at radius 2 is 0.862 bits per heavy atom. The van der Waals surface area contributed by atoms with Crippen LogP contribution in [0.15, 0.2) is 218 Å². The molecule has 0 aliphatic carbocycles. The summed E-state index contributed by atoms with van der Waals surface area (Å²) in [7, 11) is 0. The summed E-state index contributed by atoms with van der Waals surface area (Å²) in [5, 5.41) is 16.4. The summed E-state index contributed by atoms with van der Waals surface area (Å²) in [6.45, 7) is -0.0459. The predicted octanol–water partition coefficient (Wildman–Crippen LogP) is 10.3. The Labute approximate surface area is 341 Å². The summed E-state index contributed by atoms with van der Waals surface area (Å²) < 4.78 is 0. The standard InChI is InChI=1S/C52H47N5O/c53-49-47(46(36-37-58)39-22-8-1-9-23-39)38-48(56-51(40-24-10-2-11-25-40,41-26-12-3-13-27-41)42-28-14-4-15-29-42)55-50(49)57(54)52(43-30-16-5-17-31-43,44-32-18-6-19-33-44)45-34-20-7-21-35-45/h1-35,38,46,58H,36-37,53-54H2,(H,55,56). The van der Waals surface area contributed by atoms with Crippen molar-refractivity contribution in [3.8, 4) is 0 Å². The predicted molar refractivity (Wildman–Crippen MR) is 237 cm³/mol. The van der Waals surface area contributed by atoms with Crippen LogP contribution in [-0.2, 0) is 11.1 Å². The lowest BCUT2D eigenvalue weighted by Gasteiger charge is -2.44. The number of aliphatic hydroxyl groups excluding tert-OH is 1. The minimum absolute atomic E-state index is 0.0459. The van der Waals surface area contributed by atoms with E-state index in [9.17, 15) is 5.11 Å². The Morgan fingerprint density at radius 1 is 0.517 bits per heavy atom. The lowest BCUT2D eigenvalue weighted by atomic mass is 9.76. The number of nitrogens with zero attached hydrogens (tertiary/aromatic N) is 2. The third-order valence-corrected chi connectivity index (χ3v) is 11.2. The van der Waals surface area contributed by atoms with Crippen LogP contribution in [0.4, 0.5) is 17.3 Å². The molecule has 1 heterocycles. The molecule has 0 radical (unpaired) electrons. The van der Waals surface area contributed by atoms with Gasteiger partial charge in [0.05, 0.1) is 5.69 Å². The van der Waals surface area contributed by atoms with E-state index in [2.05, 4.69) is 127 Å². The SMILES string of the molecule is Nc1c(C(CCO)c2ccccc2)cc(NC(c2ccccc2)(c2ccccc2)c2ccccc2)nc1N(N)C(c1ccccc1)(c1ccccc1)c1ccccc1. The highest BCUT2D eigenvalue weighted by Crippen LogP contribution is 2.47. The molecule has 0 amide bonds. The number of hydrogen-bond donors (Lipinski definition) is 4. The molecule has 0 fully saturated rings. The molecular weight excluding hydrogens is 711 g/mol. The average Bonchev–Trinajstić information content (AvgIpc) is 3.30. The summed E-state index contributed by atoms with van der Waals surface area (Å²) in [6, 6.07) is 74.4. The molecule has 7 aromatic carbocycles. The molecule has 286 valence electrons. The van der Waals surface area contributed by atoms with Crippen molar-refractivity contribution in [3.63, 3.8) is 0 Å². The van der Waals surface area contributed by atoms with Crippen LogP contribution in [0.5, 0.6) is 0 Å². The zero-order chi connectivity index (χ0) is 39.8. The molecule has 1 atom stereocenters. The van der Waals surface area contributed by atoms with E-state index < -0.39 is 11.1 Å². The molecule has 1 unspecified atom stereocenters. The molecule has 1 aromatic heterocycles. The number of aliphatic hydroxyl groups is 1. The largest absolute Gasteiger partial charge is 0.396 e. The normalized spacial score (nSPS) is 12.1. The van der Waals surface area contributed by atoms with Crippen LogP contribution in [0, 0.1) is 0 Å². The number of nitrogens with one attached hydrogen (secondary N) is 1. The summed E-state index contributed by atoms with van der Waals surface area (Å²) in [6.07, 6.45) is 0.435. The second-order valence-electron chi connectivity index (χ2n) is 14.5. The Bertz CT molecular complexity index is 2310. The van der Waals surface area contributed by atoms with Gasteiger partial charge in [0.1, 0.15) is 16.9 Å². The van der Waals surface area contributed by atoms with Crippen LogP contribution >= 0.6 is 0 Å². The number of benzene rings is 7. The van der Waals surface area contributed by atoms with Crippen molar-refractivity contribution in [3.05, 3.63) is 263 Å². The van der Waals surface area contributed by atoms with Crippen molar-refractivity contribution in [2.24, 2.45) is 5.84 Å². The average molecular weight is 758 g/mol. The molecular formula is C52H47N5O. The number of nitrogen functional groups attached to an aromatic ring is 1. The van der Waals surface area contributed by atoms with Gasteiger partial charge in [-0.25, -0.2) is 10.8 Å². The monoisotopic (exact) mass is 757 g/mol. The molecule has 0 bridgehead atoms. The molecule has 6 heteroatoms. The number of hydrazine groups is 1. The van der Waals surface area contributed by atoms with Gasteiger partial charge in [0.25, 0.3) is 0 Å². The Hall–Kier alpha value is -6.99. The van der Waals surface area contributed by atoms with E-state index in [-0.39, 0.29) is 12.5 Å². The molecule has 0 aliphatic heterocycles. The van der Waals surface area contributed by atoms with Crippen LogP contribution < -0.4 is 21.9 Å². The van der Waals surface area contributed by atoms with Crippen molar-refractivity contribution in [1.29, 1.82) is 0 Å². The number of aromatic nitrogens is 1. The molecule has 58 heavy (non-hydrogen) atoms. The number of rotatable bonds is 14. The first-order valence-corrected chi connectivity index (χ1v) is 19.7. The van der Waals surface area contributed by atoms with E-state index in [1.807, 2.05) is 97.1 Å². The molecule has 8 aromatic rings. The van der Waals surface area contributed by atoms with Gasteiger partial charge in [0, 0.05) is 12.5 Å². The Balaban J connectivity index is 1.45. The van der Waals surface area contributed by atoms with Gasteiger partial charge in [-0.2, -0.15) is 0 Å². The number of nitrogens with two attached hydrogens (primary N) is 2. The molecule has 6 nitrogen and oxygen atoms in total. The third kappa shape index (κ3) is 7.00. The summed E-state index contributed by atoms with van der Waals surface area (Å²) in [5.41, 5.74) is 13.7. The second-order valence-corrected chi connectivity index (χ2v) is 14.5. The smallest absolute Gasteiger partial charge is 0.170 e. The highest BCUT2D eigenvalue weighted by atomic mass is 16.3. The van der Waals surface area contributed by atoms with Gasteiger partial charge in [-0.05, 0) is 57.0 Å². The molecule has 0 saturated carbocycles. The Morgan fingerprint density at radius 3 is 1.22 bits per heavy atom. The van der Waals surface area contributed by atoms with Crippen molar-refractivity contribution < 1.29 is 5.11 Å². The van der Waals surface area contributed by atoms with Gasteiger partial charge in [0.2, 0.25) is 0 Å². The van der Waals surface area contributed by atoms with E-state index in [4.69, 9.17) is 16.6 Å². The maximum Gasteiger partial charge on any atom is 0.170 e. The maximum absolute atomic E-state index is 10.6. The zero-order valence-corrected chi connectivity index (χ0v) is 32.3. The van der Waals surface area contributed by atoms with Crippen LogP contribution in [0.25, 0.3) is 0 Å². The number of pyridine rings is 1. The van der Waals surface area contributed by atoms with Crippen molar-refractivity contribution in [2.75, 3.05) is 22.7 Å². The topological polar surface area (TPSA) is 100 Å². The van der Waals surface area contributed by atoms with Crippen molar-refractivity contribution in [1.82, 2.24) is 4.98 Å². The maximum atomic E-state index is 10.6.